The van der Waals surface area contributed by atoms with Crippen LogP contribution in [-0.2, 0) is 4.79 Å². The van der Waals surface area contributed by atoms with E-state index < -0.39 is 5.91 Å². The molecular formula is C8H15N3O. The number of primary amides is 1. The topological polar surface area (TPSA) is 67.2 Å². The molecule has 1 fully saturated rings. The molecule has 0 aliphatic carbocycles. The normalized spacial score (nSPS) is 19.7. The number of carbonyl (C=O) groups excluding carboxylic acids is 1. The lowest BCUT2D eigenvalue weighted by atomic mass is 10.1. The van der Waals surface area contributed by atoms with Gasteiger partial charge in [-0.3, -0.25) is 4.79 Å². The summed E-state index contributed by atoms with van der Waals surface area (Å²) in [6.45, 7) is 2.09. The fourth-order valence-electron chi connectivity index (χ4n) is 1.25. The van der Waals surface area contributed by atoms with Gasteiger partial charge in [-0.1, -0.05) is 0 Å². The van der Waals surface area contributed by atoms with E-state index in [0.29, 0.717) is 6.04 Å². The molecule has 4 nitrogen and oxygen atoms in total. The van der Waals surface area contributed by atoms with Gasteiger partial charge in [0.15, 0.2) is 0 Å². The molecule has 1 rings (SSSR count). The zero-order valence-electron chi connectivity index (χ0n) is 7.05. The molecule has 12 heavy (non-hydrogen) atoms. The molecule has 1 saturated heterocycles. The van der Waals surface area contributed by atoms with Crippen molar-refractivity contribution < 1.29 is 4.79 Å². The molecule has 0 spiro atoms. The third-order valence-electron chi connectivity index (χ3n) is 1.92. The van der Waals surface area contributed by atoms with E-state index in [-0.39, 0.29) is 0 Å². The molecule has 0 aromatic carbocycles. The van der Waals surface area contributed by atoms with Crippen molar-refractivity contribution in [3.05, 3.63) is 12.3 Å². The number of nitrogens with two attached hydrogens (primary N) is 1. The summed E-state index contributed by atoms with van der Waals surface area (Å²) < 4.78 is 0. The highest BCUT2D eigenvalue weighted by Crippen LogP contribution is 2.00. The number of rotatable bonds is 3. The predicted molar refractivity (Wildman–Crippen MR) is 47.4 cm³/mol. The standard InChI is InChI=1S/C8H15N3O/c9-8(12)3-6-11-7-1-4-10-5-2-7/h3,6-7,10-11H,1-2,4-5H2,(H2,9,12)/b6-3-. The predicted octanol–water partition coefficient (Wildman–Crippen LogP) is -0.673. The fraction of sp³-hybridized carbons (Fsp3) is 0.625. The first-order valence-corrected chi connectivity index (χ1v) is 4.22. The van der Waals surface area contributed by atoms with Crippen LogP contribution >= 0.6 is 0 Å². The quantitative estimate of drug-likeness (QED) is 0.491. The Labute approximate surface area is 72.2 Å². The maximum Gasteiger partial charge on any atom is 0.242 e. The molecule has 1 aliphatic heterocycles. The SMILES string of the molecule is NC(=O)/C=C\NC1CCNCC1. The van der Waals surface area contributed by atoms with Gasteiger partial charge in [-0.05, 0) is 25.9 Å². The van der Waals surface area contributed by atoms with Gasteiger partial charge in [0, 0.05) is 18.3 Å². The molecule has 0 unspecified atom stereocenters. The van der Waals surface area contributed by atoms with Crippen LogP contribution in [0.1, 0.15) is 12.8 Å². The van der Waals surface area contributed by atoms with Gasteiger partial charge in [-0.25, -0.2) is 0 Å². The van der Waals surface area contributed by atoms with Crippen molar-refractivity contribution in [3.8, 4) is 0 Å². The average molecular weight is 169 g/mol. The van der Waals surface area contributed by atoms with Gasteiger partial charge in [0.05, 0.1) is 0 Å². The van der Waals surface area contributed by atoms with E-state index in [1.807, 2.05) is 0 Å². The van der Waals surface area contributed by atoms with Crippen LogP contribution in [0.2, 0.25) is 0 Å². The lowest BCUT2D eigenvalue weighted by Crippen LogP contribution is -2.37. The molecule has 0 bridgehead atoms. The van der Waals surface area contributed by atoms with Crippen molar-refractivity contribution in [2.45, 2.75) is 18.9 Å². The largest absolute Gasteiger partial charge is 0.388 e. The number of hydrogen-bond donors (Lipinski definition) is 3. The number of nitrogens with one attached hydrogen (secondary N) is 2. The lowest BCUT2D eigenvalue weighted by Gasteiger charge is -2.22. The van der Waals surface area contributed by atoms with E-state index in [9.17, 15) is 4.79 Å². The van der Waals surface area contributed by atoms with Crippen LogP contribution in [0, 0.1) is 0 Å². The number of piperidine rings is 1. The Kier molecular flexibility index (Phi) is 3.60. The maximum absolute atomic E-state index is 10.3. The molecule has 4 heteroatoms. The van der Waals surface area contributed by atoms with E-state index in [0.717, 1.165) is 25.9 Å². The van der Waals surface area contributed by atoms with Crippen LogP contribution in [0.5, 0.6) is 0 Å². The van der Waals surface area contributed by atoms with Crippen LogP contribution in [-0.4, -0.2) is 25.0 Å². The van der Waals surface area contributed by atoms with Gasteiger partial charge in [0.1, 0.15) is 0 Å². The first-order valence-electron chi connectivity index (χ1n) is 4.22. The summed E-state index contributed by atoms with van der Waals surface area (Å²) in [4.78, 5) is 10.3. The summed E-state index contributed by atoms with van der Waals surface area (Å²) in [6, 6.07) is 0.488. The number of amides is 1. The molecule has 1 aliphatic rings. The Morgan fingerprint density at radius 1 is 1.50 bits per heavy atom. The van der Waals surface area contributed by atoms with Crippen molar-refractivity contribution >= 4 is 5.91 Å². The second kappa shape index (κ2) is 4.77. The molecule has 1 amide bonds. The second-order valence-electron chi connectivity index (χ2n) is 2.93. The third kappa shape index (κ3) is 3.39. The minimum absolute atomic E-state index is 0.406. The Morgan fingerprint density at radius 2 is 2.17 bits per heavy atom. The third-order valence-corrected chi connectivity index (χ3v) is 1.92. The summed E-state index contributed by atoms with van der Waals surface area (Å²) in [5.74, 6) is -0.406. The van der Waals surface area contributed by atoms with Gasteiger partial charge in [0.25, 0.3) is 0 Å². The molecule has 0 aromatic rings. The molecule has 0 saturated carbocycles. The average Bonchev–Trinajstić information content (AvgIpc) is 2.05. The van der Waals surface area contributed by atoms with Gasteiger partial charge in [-0.2, -0.15) is 0 Å². The van der Waals surface area contributed by atoms with Crippen molar-refractivity contribution in [3.63, 3.8) is 0 Å². The summed E-state index contributed by atoms with van der Waals surface area (Å²) in [5, 5.41) is 6.39. The number of hydrogen-bond acceptors (Lipinski definition) is 3. The second-order valence-corrected chi connectivity index (χ2v) is 2.93. The summed E-state index contributed by atoms with van der Waals surface area (Å²) in [7, 11) is 0. The number of carbonyl (C=O) groups is 1. The summed E-state index contributed by atoms with van der Waals surface area (Å²) in [6.07, 6.45) is 5.19. The first kappa shape index (κ1) is 9.06. The molecule has 0 radical (unpaired) electrons. The van der Waals surface area contributed by atoms with E-state index in [1.165, 1.54) is 6.08 Å². The zero-order chi connectivity index (χ0) is 8.81. The summed E-state index contributed by atoms with van der Waals surface area (Å²) in [5.41, 5.74) is 4.93. The van der Waals surface area contributed by atoms with Crippen LogP contribution < -0.4 is 16.4 Å². The van der Waals surface area contributed by atoms with Gasteiger partial charge in [0.2, 0.25) is 5.91 Å². The highest BCUT2D eigenvalue weighted by atomic mass is 16.1. The van der Waals surface area contributed by atoms with Crippen molar-refractivity contribution in [1.82, 2.24) is 10.6 Å². The highest BCUT2D eigenvalue weighted by Gasteiger charge is 2.09. The lowest BCUT2D eigenvalue weighted by molar-refractivity contribution is -0.113. The molecule has 0 atom stereocenters. The molecule has 4 N–H and O–H groups in total. The minimum atomic E-state index is -0.406. The maximum atomic E-state index is 10.3. The molecule has 1 heterocycles. The zero-order valence-corrected chi connectivity index (χ0v) is 7.05. The summed E-state index contributed by atoms with van der Waals surface area (Å²) >= 11 is 0. The minimum Gasteiger partial charge on any atom is -0.388 e. The van der Waals surface area contributed by atoms with Crippen molar-refractivity contribution in [1.29, 1.82) is 0 Å². The van der Waals surface area contributed by atoms with E-state index in [2.05, 4.69) is 10.6 Å². The smallest absolute Gasteiger partial charge is 0.242 e. The van der Waals surface area contributed by atoms with Crippen molar-refractivity contribution in [2.75, 3.05) is 13.1 Å². The highest BCUT2D eigenvalue weighted by molar-refractivity contribution is 5.85. The van der Waals surface area contributed by atoms with Crippen LogP contribution in [0.25, 0.3) is 0 Å². The Balaban J connectivity index is 2.17. The Hall–Kier alpha value is -1.03. The Bertz CT molecular complexity index is 173. The van der Waals surface area contributed by atoms with E-state index in [1.54, 1.807) is 6.20 Å². The molecular weight excluding hydrogens is 154 g/mol. The van der Waals surface area contributed by atoms with E-state index in [4.69, 9.17) is 5.73 Å². The van der Waals surface area contributed by atoms with E-state index >= 15 is 0 Å². The molecule has 0 aromatic heterocycles. The van der Waals surface area contributed by atoms with Gasteiger partial charge >= 0.3 is 0 Å². The van der Waals surface area contributed by atoms with Crippen molar-refractivity contribution in [2.24, 2.45) is 5.73 Å². The monoisotopic (exact) mass is 169 g/mol. The molecule has 68 valence electrons. The van der Waals surface area contributed by atoms with Gasteiger partial charge < -0.3 is 16.4 Å². The Morgan fingerprint density at radius 3 is 2.75 bits per heavy atom. The van der Waals surface area contributed by atoms with Crippen LogP contribution in [0.4, 0.5) is 0 Å². The van der Waals surface area contributed by atoms with Crippen LogP contribution in [0.3, 0.4) is 0 Å². The first-order chi connectivity index (χ1) is 5.79. The van der Waals surface area contributed by atoms with Crippen LogP contribution in [0.15, 0.2) is 12.3 Å². The fourth-order valence-corrected chi connectivity index (χ4v) is 1.25. The van der Waals surface area contributed by atoms with Gasteiger partial charge in [-0.15, -0.1) is 0 Å².